The summed E-state index contributed by atoms with van der Waals surface area (Å²) in [6.45, 7) is 1.46. The molecule has 0 radical (unpaired) electrons. The molecular weight excluding hydrogens is 283 g/mol. The summed E-state index contributed by atoms with van der Waals surface area (Å²) in [7, 11) is 3.92. The van der Waals surface area contributed by atoms with Gasteiger partial charge in [0.05, 0.1) is 0 Å². The fourth-order valence-corrected chi connectivity index (χ4v) is 1.74. The minimum absolute atomic E-state index is 0.220. The first kappa shape index (κ1) is 15.7. The van der Waals surface area contributed by atoms with Crippen molar-refractivity contribution in [3.63, 3.8) is 0 Å². The lowest BCUT2D eigenvalue weighted by Crippen LogP contribution is -2.20. The van der Waals surface area contributed by atoms with Crippen LogP contribution in [-0.4, -0.2) is 37.1 Å². The van der Waals surface area contributed by atoms with Crippen LogP contribution in [0.1, 0.15) is 17.1 Å². The highest BCUT2D eigenvalue weighted by molar-refractivity contribution is 5.67. The van der Waals surface area contributed by atoms with E-state index in [9.17, 15) is 4.39 Å². The Kier molecular flexibility index (Phi) is 5.28. The summed E-state index contributed by atoms with van der Waals surface area (Å²) in [5.74, 6) is 0.406. The Morgan fingerprint density at radius 2 is 2.05 bits per heavy atom. The van der Waals surface area contributed by atoms with Crippen molar-refractivity contribution in [1.29, 1.82) is 5.26 Å². The van der Waals surface area contributed by atoms with Gasteiger partial charge in [0.1, 0.15) is 11.9 Å². The number of aromatic nitrogens is 1. The smallest absolute Gasteiger partial charge is 0.232 e. The van der Waals surface area contributed by atoms with Crippen molar-refractivity contribution in [1.82, 2.24) is 9.88 Å². The molecule has 114 valence electrons. The highest BCUT2D eigenvalue weighted by Crippen LogP contribution is 2.18. The highest BCUT2D eigenvalue weighted by atomic mass is 19.1. The van der Waals surface area contributed by atoms with Gasteiger partial charge in [0.15, 0.2) is 0 Å². The monoisotopic (exact) mass is 300 g/mol. The Balaban J connectivity index is 2.07. The van der Waals surface area contributed by atoms with Gasteiger partial charge in [-0.05, 0) is 37.9 Å². The number of benzene rings is 1. The van der Waals surface area contributed by atoms with E-state index in [0.29, 0.717) is 18.3 Å². The number of oxazole rings is 1. The van der Waals surface area contributed by atoms with Gasteiger partial charge in [0.2, 0.25) is 17.5 Å². The van der Waals surface area contributed by atoms with E-state index < -0.39 is 0 Å². The number of nitriles is 1. The molecule has 0 bridgehead atoms. The minimum atomic E-state index is -0.285. The standard InChI is InChI=1S/C16H17FN4O/c1-21(2)10-9-19-16-14(11-18)20-15(22-16)8-5-12-3-6-13(17)7-4-12/h3-8,19H,9-10H2,1-2H3. The Morgan fingerprint density at radius 3 is 2.68 bits per heavy atom. The fraction of sp³-hybridized carbons (Fsp3) is 0.250. The van der Waals surface area contributed by atoms with E-state index in [0.717, 1.165) is 12.1 Å². The third-order valence-electron chi connectivity index (χ3n) is 2.88. The van der Waals surface area contributed by atoms with Crippen LogP contribution in [0.4, 0.5) is 10.3 Å². The average Bonchev–Trinajstić information content (AvgIpc) is 2.89. The van der Waals surface area contributed by atoms with Crippen LogP contribution in [0.2, 0.25) is 0 Å². The zero-order valence-electron chi connectivity index (χ0n) is 12.5. The number of hydrogen-bond donors (Lipinski definition) is 1. The lowest BCUT2D eigenvalue weighted by molar-refractivity contribution is 0.422. The number of anilines is 1. The third kappa shape index (κ3) is 4.43. The summed E-state index contributed by atoms with van der Waals surface area (Å²) >= 11 is 0. The van der Waals surface area contributed by atoms with E-state index in [1.165, 1.54) is 12.1 Å². The second-order valence-electron chi connectivity index (χ2n) is 4.96. The first-order valence-corrected chi connectivity index (χ1v) is 6.81. The maximum atomic E-state index is 12.8. The molecule has 0 saturated heterocycles. The van der Waals surface area contributed by atoms with Crippen molar-refractivity contribution < 1.29 is 8.81 Å². The molecule has 0 amide bonds. The van der Waals surface area contributed by atoms with E-state index in [-0.39, 0.29) is 11.5 Å². The van der Waals surface area contributed by atoms with Crippen LogP contribution in [0.15, 0.2) is 28.7 Å². The molecule has 6 heteroatoms. The zero-order valence-corrected chi connectivity index (χ0v) is 12.5. The predicted octanol–water partition coefficient (Wildman–Crippen LogP) is 2.83. The Hall–Kier alpha value is -2.65. The molecule has 22 heavy (non-hydrogen) atoms. The number of likely N-dealkylation sites (N-methyl/N-ethyl adjacent to an activating group) is 1. The van der Waals surface area contributed by atoms with Gasteiger partial charge in [-0.1, -0.05) is 12.1 Å². The lowest BCUT2D eigenvalue weighted by atomic mass is 10.2. The second-order valence-corrected chi connectivity index (χ2v) is 4.96. The molecule has 2 aromatic rings. The molecule has 1 heterocycles. The van der Waals surface area contributed by atoms with Gasteiger partial charge in [-0.2, -0.15) is 10.2 Å². The van der Waals surface area contributed by atoms with Crippen molar-refractivity contribution >= 4 is 18.0 Å². The molecule has 0 aliphatic heterocycles. The van der Waals surface area contributed by atoms with Crippen LogP contribution in [0.5, 0.6) is 0 Å². The minimum Gasteiger partial charge on any atom is -0.420 e. The summed E-state index contributed by atoms with van der Waals surface area (Å²) in [6, 6.07) is 8.05. The molecule has 0 spiro atoms. The Labute approximate surface area is 128 Å². The van der Waals surface area contributed by atoms with Gasteiger partial charge < -0.3 is 14.6 Å². The molecule has 0 aliphatic carbocycles. The molecular formula is C16H17FN4O. The van der Waals surface area contributed by atoms with Crippen molar-refractivity contribution in [3.8, 4) is 6.07 Å². The number of nitrogens with one attached hydrogen (secondary N) is 1. The molecule has 2 rings (SSSR count). The zero-order chi connectivity index (χ0) is 15.9. The molecule has 0 unspecified atom stereocenters. The van der Waals surface area contributed by atoms with Crippen molar-refractivity contribution in [2.75, 3.05) is 32.5 Å². The molecule has 1 aromatic heterocycles. The summed E-state index contributed by atoms with van der Waals surface area (Å²) in [4.78, 5) is 6.11. The molecule has 1 N–H and O–H groups in total. The van der Waals surface area contributed by atoms with Gasteiger partial charge in [0, 0.05) is 19.2 Å². The maximum absolute atomic E-state index is 12.8. The van der Waals surface area contributed by atoms with Crippen LogP contribution in [0, 0.1) is 17.1 Å². The Bertz CT molecular complexity index is 683. The van der Waals surface area contributed by atoms with Gasteiger partial charge in [-0.25, -0.2) is 4.39 Å². The first-order chi connectivity index (χ1) is 10.6. The normalized spacial score (nSPS) is 11.0. The summed E-state index contributed by atoms with van der Waals surface area (Å²) in [6.07, 6.45) is 3.39. The van der Waals surface area contributed by atoms with Crippen LogP contribution in [0.25, 0.3) is 12.2 Å². The maximum Gasteiger partial charge on any atom is 0.232 e. The molecule has 5 nitrogen and oxygen atoms in total. The second kappa shape index (κ2) is 7.38. The molecule has 0 atom stereocenters. The molecule has 0 aliphatic rings. The van der Waals surface area contributed by atoms with E-state index in [1.807, 2.05) is 25.1 Å². The van der Waals surface area contributed by atoms with Crippen LogP contribution < -0.4 is 5.32 Å². The van der Waals surface area contributed by atoms with Crippen molar-refractivity contribution in [2.24, 2.45) is 0 Å². The largest absolute Gasteiger partial charge is 0.420 e. The third-order valence-corrected chi connectivity index (χ3v) is 2.88. The van der Waals surface area contributed by atoms with Crippen molar-refractivity contribution in [3.05, 3.63) is 47.2 Å². The number of halogens is 1. The molecule has 0 fully saturated rings. The van der Waals surface area contributed by atoms with E-state index >= 15 is 0 Å². The average molecular weight is 300 g/mol. The van der Waals surface area contributed by atoms with Gasteiger partial charge in [-0.15, -0.1) is 0 Å². The van der Waals surface area contributed by atoms with E-state index in [1.54, 1.807) is 24.3 Å². The van der Waals surface area contributed by atoms with Gasteiger partial charge in [0.25, 0.3) is 0 Å². The number of rotatable bonds is 6. The number of nitrogens with zero attached hydrogens (tertiary/aromatic N) is 3. The summed E-state index contributed by atoms with van der Waals surface area (Å²) in [5.41, 5.74) is 1.04. The van der Waals surface area contributed by atoms with Crippen LogP contribution >= 0.6 is 0 Å². The van der Waals surface area contributed by atoms with Gasteiger partial charge in [-0.3, -0.25) is 0 Å². The summed E-state index contributed by atoms with van der Waals surface area (Å²) < 4.78 is 18.3. The predicted molar refractivity (Wildman–Crippen MR) is 83.6 cm³/mol. The fourth-order valence-electron chi connectivity index (χ4n) is 1.74. The Morgan fingerprint density at radius 1 is 1.32 bits per heavy atom. The quantitative estimate of drug-likeness (QED) is 0.888. The number of hydrogen-bond acceptors (Lipinski definition) is 5. The van der Waals surface area contributed by atoms with Gasteiger partial charge >= 0.3 is 0 Å². The SMILES string of the molecule is CN(C)CCNc1oc(C=Cc2ccc(F)cc2)nc1C#N. The summed E-state index contributed by atoms with van der Waals surface area (Å²) in [5, 5.41) is 12.1. The lowest BCUT2D eigenvalue weighted by Gasteiger charge is -2.09. The van der Waals surface area contributed by atoms with E-state index in [4.69, 9.17) is 9.68 Å². The molecule has 0 saturated carbocycles. The first-order valence-electron chi connectivity index (χ1n) is 6.81. The topological polar surface area (TPSA) is 65.1 Å². The van der Waals surface area contributed by atoms with Crippen molar-refractivity contribution in [2.45, 2.75) is 0 Å². The van der Waals surface area contributed by atoms with Crippen LogP contribution in [-0.2, 0) is 0 Å². The van der Waals surface area contributed by atoms with Crippen LogP contribution in [0.3, 0.4) is 0 Å². The van der Waals surface area contributed by atoms with E-state index in [2.05, 4.69) is 10.3 Å². The molecule has 1 aromatic carbocycles. The highest BCUT2D eigenvalue weighted by Gasteiger charge is 2.10.